The zero-order chi connectivity index (χ0) is 17.8. The van der Waals surface area contributed by atoms with Gasteiger partial charge in [-0.05, 0) is 0 Å². The Labute approximate surface area is 189 Å². The number of anilines is 3. The quantitative estimate of drug-likeness (QED) is 0.196. The first-order valence-electron chi connectivity index (χ1n) is 8.59. The average Bonchev–Trinajstić information content (AvgIpc) is 2.74. The van der Waals surface area contributed by atoms with Gasteiger partial charge in [-0.1, -0.05) is 0 Å². The fraction of sp³-hybridized carbons (Fsp3) is 0. The maximum absolute atomic E-state index is 4.51. The summed E-state index contributed by atoms with van der Waals surface area (Å²) >= 11 is 0.503. The number of aromatic nitrogens is 2. The van der Waals surface area contributed by atoms with Crippen molar-refractivity contribution in [1.29, 1.82) is 0 Å². The molecule has 3 aromatic carbocycles. The fourth-order valence-corrected chi connectivity index (χ4v) is 8.47. The van der Waals surface area contributed by atoms with Crippen LogP contribution in [0.25, 0.3) is 11.3 Å². The minimum atomic E-state index is 0. The van der Waals surface area contributed by atoms with Crippen LogP contribution in [0.15, 0.2) is 73.2 Å². The van der Waals surface area contributed by atoms with Gasteiger partial charge in [0, 0.05) is 20.1 Å². The van der Waals surface area contributed by atoms with E-state index in [2.05, 4.69) is 75.5 Å². The summed E-state index contributed by atoms with van der Waals surface area (Å²) in [5, 5.41) is 0. The number of rotatable bonds is 1. The summed E-state index contributed by atoms with van der Waals surface area (Å²) in [5.41, 5.74) is 5.93. The van der Waals surface area contributed by atoms with Gasteiger partial charge < -0.3 is 0 Å². The van der Waals surface area contributed by atoms with Crippen molar-refractivity contribution in [3.63, 3.8) is 0 Å². The van der Waals surface area contributed by atoms with E-state index < -0.39 is 0 Å². The summed E-state index contributed by atoms with van der Waals surface area (Å²) in [6, 6.07) is 23.5. The van der Waals surface area contributed by atoms with E-state index in [9.17, 15) is 0 Å². The third kappa shape index (κ3) is 2.81. The maximum atomic E-state index is 4.51. The topological polar surface area (TPSA) is 29.0 Å². The van der Waals surface area contributed by atoms with E-state index >= 15 is 0 Å². The molecule has 1 radical (unpaired) electrons. The van der Waals surface area contributed by atoms with E-state index in [1.54, 1.807) is 12.4 Å². The summed E-state index contributed by atoms with van der Waals surface area (Å²) < 4.78 is 5.55. The van der Waals surface area contributed by atoms with Crippen molar-refractivity contribution in [1.82, 2.24) is 9.97 Å². The second-order valence-electron chi connectivity index (χ2n) is 6.29. The second-order valence-corrected chi connectivity index (χ2v) is 10.8. The van der Waals surface area contributed by atoms with Crippen molar-refractivity contribution in [3.8, 4) is 11.3 Å². The molecule has 0 N–H and O–H groups in total. The second kappa shape index (κ2) is 7.24. The van der Waals surface area contributed by atoms with E-state index in [-0.39, 0.29) is 50.0 Å². The summed E-state index contributed by atoms with van der Waals surface area (Å²) in [5.74, 6) is 0. The van der Waals surface area contributed by atoms with Gasteiger partial charge in [-0.25, -0.2) is 0 Å². The number of nitrogens with zero attached hydrogens (tertiary/aromatic N) is 3. The van der Waals surface area contributed by atoms with Crippen molar-refractivity contribution < 1.29 is 20.1 Å². The normalized spacial score (nSPS) is 13.1. The van der Waals surface area contributed by atoms with Crippen molar-refractivity contribution in [2.45, 2.75) is 0 Å². The van der Waals surface area contributed by atoms with Crippen LogP contribution < -0.4 is 22.7 Å². The molecule has 0 fully saturated rings. The van der Waals surface area contributed by atoms with Gasteiger partial charge in [0.15, 0.2) is 0 Å². The van der Waals surface area contributed by atoms with Crippen LogP contribution in [0.5, 0.6) is 0 Å². The Morgan fingerprint density at radius 1 is 0.821 bits per heavy atom. The van der Waals surface area contributed by atoms with Gasteiger partial charge in [0.2, 0.25) is 0 Å². The molecule has 3 nitrogen and oxygen atoms in total. The minimum absolute atomic E-state index is 0. The number of hydrogen-bond donors (Lipinski definition) is 0. The Kier molecular flexibility index (Phi) is 4.72. The molecule has 0 atom stereocenters. The molecular formula is C22H12IrN3Se2-. The van der Waals surface area contributed by atoms with E-state index in [0.29, 0.717) is 0 Å². The van der Waals surface area contributed by atoms with Crippen LogP contribution >= 0.6 is 0 Å². The van der Waals surface area contributed by atoms with E-state index in [1.807, 2.05) is 6.20 Å². The van der Waals surface area contributed by atoms with Crippen LogP contribution in [0.3, 0.4) is 0 Å². The Morgan fingerprint density at radius 3 is 2.25 bits per heavy atom. The third-order valence-corrected chi connectivity index (χ3v) is 9.21. The van der Waals surface area contributed by atoms with E-state index in [4.69, 9.17) is 0 Å². The molecular weight excluding hydrogens is 656 g/mol. The molecule has 6 rings (SSSR count). The molecule has 2 aliphatic heterocycles. The van der Waals surface area contributed by atoms with Crippen molar-refractivity contribution >= 4 is 64.8 Å². The van der Waals surface area contributed by atoms with Gasteiger partial charge in [-0.2, -0.15) is 0 Å². The predicted octanol–water partition coefficient (Wildman–Crippen LogP) is 1.35. The Morgan fingerprint density at radius 2 is 1.54 bits per heavy atom. The van der Waals surface area contributed by atoms with Crippen molar-refractivity contribution in [2.75, 3.05) is 4.90 Å². The van der Waals surface area contributed by atoms with Crippen LogP contribution in [0.2, 0.25) is 0 Å². The standard InChI is InChI=1S/C22H12N3Se2.Ir/c1-3-7-18-16(5-1)25-17-6-2-4-8-19(17)27-21-12-14(11-20(26-18)22(21)25)15-13-23-9-10-24-15;/h1-11,13H;/q-1;. The zero-order valence-electron chi connectivity index (χ0n) is 14.4. The van der Waals surface area contributed by atoms with Crippen LogP contribution in [-0.4, -0.2) is 39.9 Å². The average molecular weight is 668 g/mol. The molecule has 0 amide bonds. The SMILES string of the molecule is [Ir].[c-]1c(-c2cnccn2)cc2c3c1[Se]c1ccccc1N3c1ccccc1[Se]2. The van der Waals surface area contributed by atoms with Gasteiger partial charge in [-0.3, -0.25) is 0 Å². The fourth-order valence-electron chi connectivity index (χ4n) is 3.52. The molecule has 137 valence electrons. The van der Waals surface area contributed by atoms with Gasteiger partial charge in [0.05, 0.1) is 0 Å². The molecule has 0 unspecified atom stereocenters. The van der Waals surface area contributed by atoms with Crippen LogP contribution in [0.4, 0.5) is 17.1 Å². The van der Waals surface area contributed by atoms with Crippen LogP contribution in [-0.2, 0) is 20.1 Å². The van der Waals surface area contributed by atoms with E-state index in [0.717, 1.165) is 11.3 Å². The zero-order valence-corrected chi connectivity index (χ0v) is 20.2. The summed E-state index contributed by atoms with van der Waals surface area (Å²) in [6.07, 6.45) is 5.30. The van der Waals surface area contributed by atoms with Gasteiger partial charge in [0.1, 0.15) is 0 Å². The molecule has 0 saturated heterocycles. The molecule has 3 heterocycles. The Balaban J connectivity index is 0.00000171. The van der Waals surface area contributed by atoms with Crippen LogP contribution in [0.1, 0.15) is 0 Å². The number of hydrogen-bond acceptors (Lipinski definition) is 3. The third-order valence-electron chi connectivity index (χ3n) is 4.68. The Hall–Kier alpha value is -1.77. The molecule has 0 saturated carbocycles. The summed E-state index contributed by atoms with van der Waals surface area (Å²) in [7, 11) is 0. The van der Waals surface area contributed by atoms with Gasteiger partial charge >= 0.3 is 170 Å². The van der Waals surface area contributed by atoms with Crippen LogP contribution in [0, 0.1) is 6.07 Å². The van der Waals surface area contributed by atoms with Crippen molar-refractivity contribution in [3.05, 3.63) is 79.3 Å². The molecule has 4 aromatic rings. The molecule has 1 aromatic heterocycles. The number of fused-ring (bicyclic) bond motifs is 4. The number of para-hydroxylation sites is 2. The first-order valence-corrected chi connectivity index (χ1v) is 12.0. The molecule has 0 bridgehead atoms. The Bertz CT molecular complexity index is 1130. The number of benzene rings is 3. The first-order chi connectivity index (χ1) is 13.4. The summed E-state index contributed by atoms with van der Waals surface area (Å²) in [6.45, 7) is 0. The molecule has 2 aliphatic rings. The van der Waals surface area contributed by atoms with Crippen molar-refractivity contribution in [2.24, 2.45) is 0 Å². The molecule has 0 spiro atoms. The predicted molar refractivity (Wildman–Crippen MR) is 111 cm³/mol. The van der Waals surface area contributed by atoms with Gasteiger partial charge in [0.25, 0.3) is 0 Å². The molecule has 28 heavy (non-hydrogen) atoms. The monoisotopic (exact) mass is 671 g/mol. The first kappa shape index (κ1) is 18.3. The van der Waals surface area contributed by atoms with Gasteiger partial charge in [-0.15, -0.1) is 0 Å². The molecule has 6 heteroatoms. The summed E-state index contributed by atoms with van der Waals surface area (Å²) in [4.78, 5) is 11.2. The van der Waals surface area contributed by atoms with E-state index in [1.165, 1.54) is 34.9 Å². The molecule has 0 aliphatic carbocycles.